The average molecular weight is 296 g/mol. The molecule has 8 heteroatoms. The smallest absolute Gasteiger partial charge is 0.346 e. The molecule has 0 radical (unpaired) electrons. The molecule has 114 valence electrons. The minimum absolute atomic E-state index is 0.206. The number of unbranched alkanes of at least 4 members (excludes halogenated alkanes) is 1. The number of amides is 1. The first-order valence-electron chi connectivity index (χ1n) is 6.37. The number of aromatic carboxylic acids is 1. The van der Waals surface area contributed by atoms with Crippen LogP contribution >= 0.6 is 0 Å². The first-order valence-corrected chi connectivity index (χ1v) is 6.37. The van der Waals surface area contributed by atoms with E-state index in [0.717, 1.165) is 18.9 Å². The Kier molecular flexibility index (Phi) is 6.12. The van der Waals surface area contributed by atoms with Gasteiger partial charge in [-0.3, -0.25) is 14.9 Å². The van der Waals surface area contributed by atoms with E-state index in [9.17, 15) is 19.7 Å². The normalized spacial score (nSPS) is 9.95. The fourth-order valence-corrected chi connectivity index (χ4v) is 1.61. The van der Waals surface area contributed by atoms with Crippen molar-refractivity contribution >= 4 is 17.6 Å². The molecule has 0 heterocycles. The Balaban J connectivity index is 2.79. The Morgan fingerprint density at radius 3 is 2.71 bits per heavy atom. The minimum atomic E-state index is -1.48. The predicted molar refractivity (Wildman–Crippen MR) is 73.5 cm³/mol. The molecule has 0 unspecified atom stereocenters. The van der Waals surface area contributed by atoms with Crippen LogP contribution in [0.15, 0.2) is 18.2 Å². The third-order valence-electron chi connectivity index (χ3n) is 2.63. The van der Waals surface area contributed by atoms with Gasteiger partial charge in [-0.05, 0) is 12.5 Å². The summed E-state index contributed by atoms with van der Waals surface area (Å²) >= 11 is 0. The molecule has 0 fully saturated rings. The molecule has 1 aromatic rings. The van der Waals surface area contributed by atoms with Crippen molar-refractivity contribution in [3.63, 3.8) is 0 Å². The molecule has 0 saturated carbocycles. The minimum Gasteiger partial charge on any atom is -0.483 e. The maximum atomic E-state index is 11.5. The molecule has 0 atom stereocenters. The molecule has 1 aromatic carbocycles. The molecular weight excluding hydrogens is 280 g/mol. The highest BCUT2D eigenvalue weighted by Gasteiger charge is 2.24. The van der Waals surface area contributed by atoms with Crippen LogP contribution in [0.25, 0.3) is 0 Å². The van der Waals surface area contributed by atoms with Crippen molar-refractivity contribution < 1.29 is 24.4 Å². The molecule has 1 amide bonds. The molecule has 8 nitrogen and oxygen atoms in total. The molecule has 0 saturated heterocycles. The molecule has 1 rings (SSSR count). The van der Waals surface area contributed by atoms with E-state index in [4.69, 9.17) is 9.84 Å². The first kappa shape index (κ1) is 16.4. The number of nitro groups is 1. The lowest BCUT2D eigenvalue weighted by Crippen LogP contribution is -2.29. The highest BCUT2D eigenvalue weighted by molar-refractivity contribution is 5.95. The van der Waals surface area contributed by atoms with Crippen LogP contribution in [0, 0.1) is 10.1 Å². The Labute approximate surface area is 120 Å². The van der Waals surface area contributed by atoms with Crippen molar-refractivity contribution in [2.24, 2.45) is 0 Å². The van der Waals surface area contributed by atoms with Crippen LogP contribution in [-0.2, 0) is 4.79 Å². The number of ether oxygens (including phenoxy) is 1. The zero-order valence-corrected chi connectivity index (χ0v) is 11.5. The van der Waals surface area contributed by atoms with Gasteiger partial charge in [-0.1, -0.05) is 19.4 Å². The van der Waals surface area contributed by atoms with Gasteiger partial charge in [0.1, 0.15) is 5.75 Å². The van der Waals surface area contributed by atoms with Gasteiger partial charge in [0.05, 0.1) is 4.92 Å². The van der Waals surface area contributed by atoms with Gasteiger partial charge < -0.3 is 15.2 Å². The quantitative estimate of drug-likeness (QED) is 0.427. The van der Waals surface area contributed by atoms with E-state index >= 15 is 0 Å². The Morgan fingerprint density at radius 2 is 2.14 bits per heavy atom. The molecule has 21 heavy (non-hydrogen) atoms. The summed E-state index contributed by atoms with van der Waals surface area (Å²) in [5, 5.41) is 22.4. The van der Waals surface area contributed by atoms with Crippen LogP contribution < -0.4 is 10.1 Å². The van der Waals surface area contributed by atoms with Crippen LogP contribution in [0.5, 0.6) is 5.75 Å². The highest BCUT2D eigenvalue weighted by atomic mass is 16.6. The second kappa shape index (κ2) is 7.83. The highest BCUT2D eigenvalue weighted by Crippen LogP contribution is 2.28. The summed E-state index contributed by atoms with van der Waals surface area (Å²) in [7, 11) is 0. The van der Waals surface area contributed by atoms with Crippen LogP contribution in [0.4, 0.5) is 5.69 Å². The largest absolute Gasteiger partial charge is 0.483 e. The van der Waals surface area contributed by atoms with Crippen LogP contribution in [0.1, 0.15) is 30.1 Å². The van der Waals surface area contributed by atoms with E-state index in [1.165, 1.54) is 12.1 Å². The van der Waals surface area contributed by atoms with Gasteiger partial charge >= 0.3 is 5.97 Å². The number of benzene rings is 1. The van der Waals surface area contributed by atoms with Gasteiger partial charge in [-0.2, -0.15) is 0 Å². The number of hydrogen-bond acceptors (Lipinski definition) is 5. The third-order valence-corrected chi connectivity index (χ3v) is 2.63. The van der Waals surface area contributed by atoms with E-state index in [2.05, 4.69) is 5.32 Å². The Bertz CT molecular complexity index is 543. The number of nitrogens with one attached hydrogen (secondary N) is 1. The summed E-state index contributed by atoms with van der Waals surface area (Å²) in [4.78, 5) is 32.6. The van der Waals surface area contributed by atoms with E-state index in [1.54, 1.807) is 0 Å². The summed E-state index contributed by atoms with van der Waals surface area (Å²) in [5.41, 5.74) is -1.14. The molecule has 0 bridgehead atoms. The second-order valence-corrected chi connectivity index (χ2v) is 4.20. The zero-order chi connectivity index (χ0) is 15.8. The summed E-state index contributed by atoms with van der Waals surface area (Å²) in [5.74, 6) is -2.10. The second-order valence-electron chi connectivity index (χ2n) is 4.20. The molecule has 0 aliphatic rings. The maximum Gasteiger partial charge on any atom is 0.346 e. The molecule has 0 aliphatic carbocycles. The molecule has 0 aromatic heterocycles. The lowest BCUT2D eigenvalue weighted by atomic mass is 10.1. The summed E-state index contributed by atoms with van der Waals surface area (Å²) in [6, 6.07) is 3.64. The Morgan fingerprint density at radius 1 is 1.43 bits per heavy atom. The van der Waals surface area contributed by atoms with Crippen LogP contribution in [-0.4, -0.2) is 35.1 Å². The van der Waals surface area contributed by atoms with Gasteiger partial charge in [-0.15, -0.1) is 0 Å². The molecule has 2 N–H and O–H groups in total. The number of carboxylic acids is 1. The molecule has 0 spiro atoms. The first-order chi connectivity index (χ1) is 9.97. The number of carbonyl (C=O) groups excluding carboxylic acids is 1. The van der Waals surface area contributed by atoms with E-state index in [-0.39, 0.29) is 5.75 Å². The van der Waals surface area contributed by atoms with Crippen LogP contribution in [0.3, 0.4) is 0 Å². The van der Waals surface area contributed by atoms with Crippen molar-refractivity contribution in [2.45, 2.75) is 19.8 Å². The van der Waals surface area contributed by atoms with Crippen LogP contribution in [0.2, 0.25) is 0 Å². The number of nitrogens with zero attached hydrogens (tertiary/aromatic N) is 1. The van der Waals surface area contributed by atoms with E-state index < -0.39 is 34.7 Å². The maximum absolute atomic E-state index is 11.5. The van der Waals surface area contributed by atoms with E-state index in [0.29, 0.717) is 6.54 Å². The average Bonchev–Trinajstić information content (AvgIpc) is 2.44. The fraction of sp³-hybridized carbons (Fsp3) is 0.385. The van der Waals surface area contributed by atoms with Crippen molar-refractivity contribution in [1.29, 1.82) is 0 Å². The van der Waals surface area contributed by atoms with Gasteiger partial charge in [0, 0.05) is 12.6 Å². The lowest BCUT2D eigenvalue weighted by molar-refractivity contribution is -0.385. The fourth-order valence-electron chi connectivity index (χ4n) is 1.61. The van der Waals surface area contributed by atoms with Crippen molar-refractivity contribution in [1.82, 2.24) is 5.32 Å². The molecular formula is C13H16N2O6. The topological polar surface area (TPSA) is 119 Å². The van der Waals surface area contributed by atoms with Crippen molar-refractivity contribution in [3.05, 3.63) is 33.9 Å². The van der Waals surface area contributed by atoms with Crippen molar-refractivity contribution in [2.75, 3.05) is 13.2 Å². The lowest BCUT2D eigenvalue weighted by Gasteiger charge is -2.09. The predicted octanol–water partition coefficient (Wildman–Crippen LogP) is 1.59. The number of carbonyl (C=O) groups is 2. The SMILES string of the molecule is CCCCNC(=O)COc1cccc([N+](=O)[O-])c1C(=O)O. The Hall–Kier alpha value is -2.64. The standard InChI is InChI=1S/C13H16N2O6/c1-2-3-7-14-11(16)8-21-10-6-4-5-9(15(19)20)12(10)13(17)18/h4-6H,2-3,7-8H2,1H3,(H,14,16)(H,17,18). The van der Waals surface area contributed by atoms with Gasteiger partial charge in [-0.25, -0.2) is 4.79 Å². The number of rotatable bonds is 8. The van der Waals surface area contributed by atoms with Gasteiger partial charge in [0.2, 0.25) is 0 Å². The summed E-state index contributed by atoms with van der Waals surface area (Å²) < 4.78 is 5.08. The molecule has 0 aliphatic heterocycles. The van der Waals surface area contributed by atoms with E-state index in [1.807, 2.05) is 6.92 Å². The van der Waals surface area contributed by atoms with Crippen molar-refractivity contribution in [3.8, 4) is 5.75 Å². The number of nitro benzene ring substituents is 1. The summed E-state index contributed by atoms with van der Waals surface area (Å²) in [6.45, 7) is 2.08. The monoisotopic (exact) mass is 296 g/mol. The third kappa shape index (κ3) is 4.75. The number of carboxylic acid groups (broad SMARTS) is 1. The number of hydrogen-bond donors (Lipinski definition) is 2. The summed E-state index contributed by atoms with van der Waals surface area (Å²) in [6.07, 6.45) is 1.75. The zero-order valence-electron chi connectivity index (χ0n) is 11.5. The van der Waals surface area contributed by atoms with Gasteiger partial charge in [0.25, 0.3) is 11.6 Å². The van der Waals surface area contributed by atoms with Gasteiger partial charge in [0.15, 0.2) is 12.2 Å².